The van der Waals surface area contributed by atoms with E-state index in [4.69, 9.17) is 4.98 Å². The van der Waals surface area contributed by atoms with Crippen molar-refractivity contribution in [1.29, 1.82) is 0 Å². The summed E-state index contributed by atoms with van der Waals surface area (Å²) in [7, 11) is 0. The number of aromatic nitrogens is 2. The molecule has 0 bridgehead atoms. The molecule has 0 N–H and O–H groups in total. The van der Waals surface area contributed by atoms with E-state index in [-0.39, 0.29) is 5.91 Å². The molecule has 3 aromatic rings. The highest BCUT2D eigenvalue weighted by molar-refractivity contribution is 5.99. The summed E-state index contributed by atoms with van der Waals surface area (Å²) in [5, 5.41) is 0. The summed E-state index contributed by atoms with van der Waals surface area (Å²) in [5.74, 6) is 2.19. The first-order chi connectivity index (χ1) is 17.1. The second-order valence-corrected chi connectivity index (χ2v) is 10.0. The van der Waals surface area contributed by atoms with Gasteiger partial charge in [0.2, 0.25) is 0 Å². The molecule has 1 aromatic heterocycles. The molecule has 0 saturated carbocycles. The third-order valence-corrected chi connectivity index (χ3v) is 7.30. The summed E-state index contributed by atoms with van der Waals surface area (Å²) in [6.07, 6.45) is 3.87. The van der Waals surface area contributed by atoms with Crippen molar-refractivity contribution in [1.82, 2.24) is 19.8 Å². The van der Waals surface area contributed by atoms with Crippen molar-refractivity contribution in [2.45, 2.75) is 33.2 Å². The summed E-state index contributed by atoms with van der Waals surface area (Å²) >= 11 is 0. The first kappa shape index (κ1) is 23.5. The molecule has 0 atom stereocenters. The van der Waals surface area contributed by atoms with E-state index in [1.807, 2.05) is 4.90 Å². The van der Waals surface area contributed by atoms with Crippen molar-refractivity contribution < 1.29 is 4.79 Å². The Morgan fingerprint density at radius 2 is 1.60 bits per heavy atom. The van der Waals surface area contributed by atoms with E-state index in [9.17, 15) is 4.79 Å². The third kappa shape index (κ3) is 5.54. The number of aryl methyl sites for hydroxylation is 1. The highest BCUT2D eigenvalue weighted by Gasteiger charge is 2.28. The van der Waals surface area contributed by atoms with Crippen molar-refractivity contribution in [3.05, 3.63) is 77.5 Å². The Labute approximate surface area is 208 Å². The van der Waals surface area contributed by atoms with Crippen LogP contribution >= 0.6 is 0 Å². The van der Waals surface area contributed by atoms with E-state index in [0.29, 0.717) is 17.3 Å². The quantitative estimate of drug-likeness (QED) is 0.545. The van der Waals surface area contributed by atoms with Crippen molar-refractivity contribution in [2.24, 2.45) is 5.92 Å². The first-order valence-corrected chi connectivity index (χ1v) is 12.8. The van der Waals surface area contributed by atoms with Crippen molar-refractivity contribution in [3.8, 4) is 11.4 Å². The van der Waals surface area contributed by atoms with Crippen LogP contribution in [0.2, 0.25) is 0 Å². The van der Waals surface area contributed by atoms with Gasteiger partial charge in [-0.2, -0.15) is 0 Å². The van der Waals surface area contributed by atoms with Crippen LogP contribution in [0.15, 0.2) is 60.8 Å². The lowest BCUT2D eigenvalue weighted by Crippen LogP contribution is -2.47. The SMILES string of the molecule is Cc1ccc(-c2ncc(C(=O)N3CCC(C)CC3)c(N3CCN(Cc4ccccc4)CC3)n2)cc1. The molecule has 2 fully saturated rings. The lowest BCUT2D eigenvalue weighted by atomic mass is 9.99. The van der Waals surface area contributed by atoms with E-state index in [0.717, 1.165) is 70.0 Å². The predicted octanol–water partition coefficient (Wildman–Crippen LogP) is 4.65. The Hall–Kier alpha value is -3.25. The number of carbonyl (C=O) groups excluding carboxylic acids is 1. The summed E-state index contributed by atoms with van der Waals surface area (Å²) in [6, 6.07) is 18.9. The van der Waals surface area contributed by atoms with Gasteiger partial charge in [-0.3, -0.25) is 9.69 Å². The van der Waals surface area contributed by atoms with E-state index >= 15 is 0 Å². The first-order valence-electron chi connectivity index (χ1n) is 12.8. The maximum absolute atomic E-state index is 13.6. The van der Waals surface area contributed by atoms with Gasteiger partial charge in [-0.05, 0) is 31.2 Å². The Bertz CT molecular complexity index is 1130. The van der Waals surface area contributed by atoms with Gasteiger partial charge in [0.1, 0.15) is 11.4 Å². The number of benzene rings is 2. The molecule has 0 spiro atoms. The van der Waals surface area contributed by atoms with Gasteiger partial charge in [-0.1, -0.05) is 67.1 Å². The molecule has 6 nitrogen and oxygen atoms in total. The van der Waals surface area contributed by atoms with Gasteiger partial charge in [0.15, 0.2) is 5.82 Å². The van der Waals surface area contributed by atoms with Gasteiger partial charge in [-0.15, -0.1) is 0 Å². The Balaban J connectivity index is 1.39. The molecular weight excluding hydrogens is 434 g/mol. The minimum absolute atomic E-state index is 0.0640. The molecule has 0 aliphatic carbocycles. The zero-order valence-electron chi connectivity index (χ0n) is 20.9. The number of likely N-dealkylation sites (tertiary alicyclic amines) is 1. The molecule has 2 aliphatic rings. The third-order valence-electron chi connectivity index (χ3n) is 7.30. The highest BCUT2D eigenvalue weighted by Crippen LogP contribution is 2.27. The lowest BCUT2D eigenvalue weighted by Gasteiger charge is -2.37. The number of nitrogens with zero attached hydrogens (tertiary/aromatic N) is 5. The molecule has 2 saturated heterocycles. The smallest absolute Gasteiger partial charge is 0.259 e. The average molecular weight is 470 g/mol. The summed E-state index contributed by atoms with van der Waals surface area (Å²) in [6.45, 7) is 10.5. The fourth-order valence-corrected chi connectivity index (χ4v) is 4.95. The number of hydrogen-bond acceptors (Lipinski definition) is 5. The number of rotatable bonds is 5. The number of piperazine rings is 1. The topological polar surface area (TPSA) is 52.6 Å². The van der Waals surface area contributed by atoms with Gasteiger partial charge < -0.3 is 9.80 Å². The number of anilines is 1. The van der Waals surface area contributed by atoms with Crippen LogP contribution in [0.5, 0.6) is 0 Å². The van der Waals surface area contributed by atoms with Crippen molar-refractivity contribution >= 4 is 11.7 Å². The molecule has 2 aromatic carbocycles. The van der Waals surface area contributed by atoms with Gasteiger partial charge in [0.25, 0.3) is 5.91 Å². The van der Waals surface area contributed by atoms with Crippen molar-refractivity contribution in [2.75, 3.05) is 44.2 Å². The summed E-state index contributed by atoms with van der Waals surface area (Å²) in [4.78, 5) is 29.9. The number of hydrogen-bond donors (Lipinski definition) is 0. The molecule has 35 heavy (non-hydrogen) atoms. The largest absolute Gasteiger partial charge is 0.353 e. The zero-order chi connectivity index (χ0) is 24.2. The maximum Gasteiger partial charge on any atom is 0.259 e. The average Bonchev–Trinajstić information content (AvgIpc) is 2.90. The Morgan fingerprint density at radius 1 is 0.914 bits per heavy atom. The second kappa shape index (κ2) is 10.6. The number of amides is 1. The normalized spacial score (nSPS) is 17.5. The van der Waals surface area contributed by atoms with Crippen LogP contribution in [-0.2, 0) is 6.54 Å². The summed E-state index contributed by atoms with van der Waals surface area (Å²) in [5.41, 5.74) is 4.15. The molecule has 6 heteroatoms. The molecule has 0 unspecified atom stereocenters. The van der Waals surface area contributed by atoms with Crippen LogP contribution < -0.4 is 4.90 Å². The van der Waals surface area contributed by atoms with Gasteiger partial charge in [-0.25, -0.2) is 9.97 Å². The molecule has 0 radical (unpaired) electrons. The Kier molecular flexibility index (Phi) is 7.09. The Morgan fingerprint density at radius 3 is 2.29 bits per heavy atom. The number of piperidine rings is 1. The fourth-order valence-electron chi connectivity index (χ4n) is 4.95. The molecule has 3 heterocycles. The molecular formula is C29H35N5O. The molecule has 1 amide bonds. The molecule has 182 valence electrons. The van der Waals surface area contributed by atoms with E-state index in [1.165, 1.54) is 11.1 Å². The highest BCUT2D eigenvalue weighted by atomic mass is 16.2. The maximum atomic E-state index is 13.6. The van der Waals surface area contributed by atoms with Crippen LogP contribution in [0.3, 0.4) is 0 Å². The standard InChI is InChI=1S/C29H35N5O/c1-22-8-10-25(11-9-22)27-30-20-26(29(35)34-14-12-23(2)13-15-34)28(31-27)33-18-16-32(17-19-33)21-24-6-4-3-5-7-24/h3-11,20,23H,12-19,21H2,1-2H3. The van der Waals surface area contributed by atoms with Gasteiger partial charge in [0, 0.05) is 57.6 Å². The lowest BCUT2D eigenvalue weighted by molar-refractivity contribution is 0.0697. The van der Waals surface area contributed by atoms with Crippen LogP contribution in [0.1, 0.15) is 41.3 Å². The number of carbonyl (C=O) groups is 1. The summed E-state index contributed by atoms with van der Waals surface area (Å²) < 4.78 is 0. The molecule has 5 rings (SSSR count). The monoisotopic (exact) mass is 469 g/mol. The van der Waals surface area contributed by atoms with E-state index < -0.39 is 0 Å². The van der Waals surface area contributed by atoms with Crippen LogP contribution in [-0.4, -0.2) is 64.9 Å². The van der Waals surface area contributed by atoms with Crippen LogP contribution in [0.4, 0.5) is 5.82 Å². The minimum atomic E-state index is 0.0640. The molecule has 2 aliphatic heterocycles. The van der Waals surface area contributed by atoms with Gasteiger partial charge in [0.05, 0.1) is 0 Å². The second-order valence-electron chi connectivity index (χ2n) is 10.0. The van der Waals surface area contributed by atoms with Crippen LogP contribution in [0, 0.1) is 12.8 Å². The van der Waals surface area contributed by atoms with Gasteiger partial charge >= 0.3 is 0 Å². The van der Waals surface area contributed by atoms with E-state index in [1.54, 1.807) is 6.20 Å². The van der Waals surface area contributed by atoms with E-state index in [2.05, 4.69) is 83.2 Å². The van der Waals surface area contributed by atoms with Crippen LogP contribution in [0.25, 0.3) is 11.4 Å². The van der Waals surface area contributed by atoms with Crippen molar-refractivity contribution in [3.63, 3.8) is 0 Å². The zero-order valence-corrected chi connectivity index (χ0v) is 20.9. The predicted molar refractivity (Wildman–Crippen MR) is 140 cm³/mol. The minimum Gasteiger partial charge on any atom is -0.353 e. The fraction of sp³-hybridized carbons (Fsp3) is 0.414.